The van der Waals surface area contributed by atoms with E-state index >= 15 is 0 Å². The third-order valence-electron chi connectivity index (χ3n) is 2.23. The number of carbonyl (C=O) groups is 1. The number of carboxylic acid groups (broad SMARTS) is 1. The molecule has 1 atom stereocenters. The fourth-order valence-corrected chi connectivity index (χ4v) is 1.36. The van der Waals surface area contributed by atoms with Crippen molar-refractivity contribution >= 4 is 17.0 Å². The van der Waals surface area contributed by atoms with Gasteiger partial charge in [0.05, 0.1) is 11.0 Å². The predicted octanol–water partition coefficient (Wildman–Crippen LogP) is -0.353. The predicted molar refractivity (Wildman–Crippen MR) is 60.0 cm³/mol. The second kappa shape index (κ2) is 4.30. The Morgan fingerprint density at radius 3 is 2.82 bits per heavy atom. The summed E-state index contributed by atoms with van der Waals surface area (Å²) < 4.78 is 5.20. The summed E-state index contributed by atoms with van der Waals surface area (Å²) in [5.74, 6) is -0.675. The number of rotatable bonds is 4. The van der Waals surface area contributed by atoms with Crippen LogP contribution in [0.2, 0.25) is 0 Å². The Morgan fingerprint density at radius 2 is 2.12 bits per heavy atom. The molecule has 0 saturated heterocycles. The van der Waals surface area contributed by atoms with Crippen molar-refractivity contribution in [3.05, 3.63) is 28.7 Å². The van der Waals surface area contributed by atoms with Gasteiger partial charge in [-0.15, -0.1) is 0 Å². The molecule has 7 nitrogen and oxygen atoms in total. The smallest absolute Gasteiger partial charge is 0.324 e. The highest BCUT2D eigenvalue weighted by atomic mass is 16.5. The lowest BCUT2D eigenvalue weighted by Gasteiger charge is -2.08. The molecule has 0 bridgehead atoms. The zero-order valence-corrected chi connectivity index (χ0v) is 8.77. The highest BCUT2D eigenvalue weighted by Gasteiger charge is 2.12. The van der Waals surface area contributed by atoms with Gasteiger partial charge in [0, 0.05) is 6.07 Å². The van der Waals surface area contributed by atoms with E-state index in [-0.39, 0.29) is 12.3 Å². The number of imidazole rings is 1. The first-order valence-corrected chi connectivity index (χ1v) is 4.89. The lowest BCUT2D eigenvalue weighted by molar-refractivity contribution is -0.139. The number of H-pyrrole nitrogens is 2. The number of benzene rings is 1. The number of hydrogen-bond acceptors (Lipinski definition) is 4. The lowest BCUT2D eigenvalue weighted by Crippen LogP contribution is -2.36. The number of carboxylic acids is 1. The van der Waals surface area contributed by atoms with Crippen LogP contribution in [0.4, 0.5) is 0 Å². The van der Waals surface area contributed by atoms with E-state index in [1.54, 1.807) is 18.2 Å². The first-order chi connectivity index (χ1) is 8.06. The number of fused-ring (bicyclic) bond motifs is 1. The molecule has 5 N–H and O–H groups in total. The van der Waals surface area contributed by atoms with E-state index in [2.05, 4.69) is 9.97 Å². The second-order valence-corrected chi connectivity index (χ2v) is 3.54. The highest BCUT2D eigenvalue weighted by molar-refractivity contribution is 5.76. The van der Waals surface area contributed by atoms with Crippen LogP contribution in [0.1, 0.15) is 0 Å². The zero-order chi connectivity index (χ0) is 12.4. The van der Waals surface area contributed by atoms with E-state index in [9.17, 15) is 9.59 Å². The van der Waals surface area contributed by atoms with Gasteiger partial charge in [0.1, 0.15) is 18.4 Å². The van der Waals surface area contributed by atoms with Gasteiger partial charge in [-0.25, -0.2) is 4.79 Å². The number of nitrogens with two attached hydrogens (primary N) is 1. The Hall–Kier alpha value is -2.28. The van der Waals surface area contributed by atoms with Gasteiger partial charge < -0.3 is 25.5 Å². The van der Waals surface area contributed by atoms with Crippen LogP contribution in [0.3, 0.4) is 0 Å². The summed E-state index contributed by atoms with van der Waals surface area (Å²) in [6.07, 6.45) is 0. The van der Waals surface area contributed by atoms with Crippen LogP contribution >= 0.6 is 0 Å². The van der Waals surface area contributed by atoms with Crippen LogP contribution in [-0.2, 0) is 4.79 Å². The summed E-state index contributed by atoms with van der Waals surface area (Å²) in [7, 11) is 0. The molecule has 0 radical (unpaired) electrons. The summed E-state index contributed by atoms with van der Waals surface area (Å²) in [6.45, 7) is -0.129. The fourth-order valence-electron chi connectivity index (χ4n) is 1.36. The first kappa shape index (κ1) is 11.2. The Bertz CT molecular complexity index is 601. The molecule has 0 aliphatic carbocycles. The van der Waals surface area contributed by atoms with E-state index in [1.807, 2.05) is 0 Å². The first-order valence-electron chi connectivity index (χ1n) is 4.89. The van der Waals surface area contributed by atoms with E-state index in [4.69, 9.17) is 15.6 Å². The Kier molecular flexibility index (Phi) is 2.84. The van der Waals surface area contributed by atoms with Crippen molar-refractivity contribution in [1.82, 2.24) is 9.97 Å². The van der Waals surface area contributed by atoms with E-state index < -0.39 is 12.0 Å². The molecule has 1 aromatic heterocycles. The van der Waals surface area contributed by atoms with Gasteiger partial charge in [-0.1, -0.05) is 0 Å². The van der Waals surface area contributed by atoms with E-state index in [0.29, 0.717) is 16.8 Å². The third-order valence-corrected chi connectivity index (χ3v) is 2.23. The number of aliphatic carboxylic acids is 1. The maximum Gasteiger partial charge on any atom is 0.324 e. The minimum absolute atomic E-state index is 0.129. The van der Waals surface area contributed by atoms with Crippen molar-refractivity contribution in [1.29, 1.82) is 0 Å². The maximum atomic E-state index is 11.0. The normalized spacial score (nSPS) is 12.5. The largest absolute Gasteiger partial charge is 0.491 e. The van der Waals surface area contributed by atoms with Gasteiger partial charge >= 0.3 is 11.7 Å². The van der Waals surface area contributed by atoms with Crippen molar-refractivity contribution in [3.8, 4) is 5.75 Å². The summed E-state index contributed by atoms with van der Waals surface area (Å²) in [5, 5.41) is 8.58. The average molecular weight is 237 g/mol. The lowest BCUT2D eigenvalue weighted by atomic mass is 10.3. The number of ether oxygens (including phenoxy) is 1. The van der Waals surface area contributed by atoms with E-state index in [0.717, 1.165) is 0 Å². The Labute approximate surface area is 95.2 Å². The minimum atomic E-state index is -1.12. The molecule has 0 fully saturated rings. The Morgan fingerprint density at radius 1 is 1.41 bits per heavy atom. The van der Waals surface area contributed by atoms with Crippen molar-refractivity contribution in [2.75, 3.05) is 6.61 Å². The molecule has 0 aliphatic heterocycles. The minimum Gasteiger partial charge on any atom is -0.491 e. The maximum absolute atomic E-state index is 11.0. The van der Waals surface area contributed by atoms with Gasteiger partial charge in [-0.2, -0.15) is 0 Å². The molecule has 2 rings (SSSR count). The van der Waals surface area contributed by atoms with Crippen molar-refractivity contribution in [2.24, 2.45) is 5.73 Å². The van der Waals surface area contributed by atoms with Gasteiger partial charge in [0.25, 0.3) is 0 Å². The van der Waals surface area contributed by atoms with Crippen LogP contribution in [-0.4, -0.2) is 33.7 Å². The number of aromatic nitrogens is 2. The van der Waals surface area contributed by atoms with Gasteiger partial charge in [-0.3, -0.25) is 4.79 Å². The molecule has 1 unspecified atom stereocenters. The standard InChI is InChI=1S/C10H11N3O4/c11-6(9(14)15)4-17-5-1-2-7-8(3-5)13-10(16)12-7/h1-3,6H,4,11H2,(H,14,15)(H2,12,13,16). The van der Waals surface area contributed by atoms with Crippen LogP contribution in [0.25, 0.3) is 11.0 Å². The molecule has 1 heterocycles. The molecule has 17 heavy (non-hydrogen) atoms. The quantitative estimate of drug-likeness (QED) is 0.579. The topological polar surface area (TPSA) is 121 Å². The molecular formula is C10H11N3O4. The van der Waals surface area contributed by atoms with Gasteiger partial charge in [0.2, 0.25) is 0 Å². The second-order valence-electron chi connectivity index (χ2n) is 3.54. The van der Waals surface area contributed by atoms with Crippen molar-refractivity contribution < 1.29 is 14.6 Å². The molecule has 1 aromatic carbocycles. The molecule has 0 spiro atoms. The van der Waals surface area contributed by atoms with Crippen LogP contribution in [0.15, 0.2) is 23.0 Å². The fraction of sp³-hybridized carbons (Fsp3) is 0.200. The molecule has 0 amide bonds. The monoisotopic (exact) mass is 237 g/mol. The molecule has 0 aliphatic rings. The summed E-state index contributed by atoms with van der Waals surface area (Å²) >= 11 is 0. The highest BCUT2D eigenvalue weighted by Crippen LogP contribution is 2.16. The van der Waals surface area contributed by atoms with Crippen molar-refractivity contribution in [2.45, 2.75) is 6.04 Å². The molecule has 90 valence electrons. The summed E-state index contributed by atoms with van der Waals surface area (Å²) in [4.78, 5) is 26.6. The molecule has 0 saturated carbocycles. The third kappa shape index (κ3) is 2.45. The molecular weight excluding hydrogens is 226 g/mol. The average Bonchev–Trinajstić information content (AvgIpc) is 2.64. The molecule has 7 heteroatoms. The summed E-state index contributed by atoms with van der Waals surface area (Å²) in [5.41, 5.74) is 6.24. The van der Waals surface area contributed by atoms with E-state index in [1.165, 1.54) is 0 Å². The van der Waals surface area contributed by atoms with Crippen LogP contribution < -0.4 is 16.2 Å². The number of hydrogen-bond donors (Lipinski definition) is 4. The Balaban J connectivity index is 2.14. The van der Waals surface area contributed by atoms with Crippen LogP contribution in [0, 0.1) is 0 Å². The number of nitrogens with one attached hydrogen (secondary N) is 2. The molecule has 2 aromatic rings. The SMILES string of the molecule is NC(COc1ccc2[nH]c(=O)[nH]c2c1)C(=O)O. The zero-order valence-electron chi connectivity index (χ0n) is 8.77. The van der Waals surface area contributed by atoms with Gasteiger partial charge in [-0.05, 0) is 12.1 Å². The number of aromatic amines is 2. The summed E-state index contributed by atoms with van der Waals surface area (Å²) in [6, 6.07) is 3.81. The van der Waals surface area contributed by atoms with Gasteiger partial charge in [0.15, 0.2) is 0 Å². The van der Waals surface area contributed by atoms with Crippen LogP contribution in [0.5, 0.6) is 5.75 Å². The van der Waals surface area contributed by atoms with Crippen molar-refractivity contribution in [3.63, 3.8) is 0 Å².